The van der Waals surface area contributed by atoms with Gasteiger partial charge in [0.05, 0.1) is 14.2 Å². The zero-order valence-corrected chi connectivity index (χ0v) is 13.8. The molecular formula is C17H17N3O5. The molecule has 0 fully saturated rings. The molecule has 0 aliphatic heterocycles. The van der Waals surface area contributed by atoms with Gasteiger partial charge in [0.15, 0.2) is 0 Å². The van der Waals surface area contributed by atoms with E-state index in [1.54, 1.807) is 0 Å². The van der Waals surface area contributed by atoms with E-state index in [-0.39, 0.29) is 18.3 Å². The lowest BCUT2D eigenvalue weighted by atomic mass is 10.2. The van der Waals surface area contributed by atoms with Crippen LogP contribution in [0.3, 0.4) is 0 Å². The summed E-state index contributed by atoms with van der Waals surface area (Å²) >= 11 is 0. The van der Waals surface area contributed by atoms with Crippen molar-refractivity contribution in [3.8, 4) is 6.01 Å². The third kappa shape index (κ3) is 5.61. The number of esters is 1. The molecule has 8 heteroatoms. The van der Waals surface area contributed by atoms with Gasteiger partial charge in [-0.05, 0) is 11.6 Å². The predicted octanol–water partition coefficient (Wildman–Crippen LogP) is 1.93. The average Bonchev–Trinajstić information content (AvgIpc) is 2.66. The zero-order chi connectivity index (χ0) is 18.1. The molecular weight excluding hydrogens is 326 g/mol. The molecule has 0 spiro atoms. The van der Waals surface area contributed by atoms with Gasteiger partial charge in [0.25, 0.3) is 0 Å². The van der Waals surface area contributed by atoms with Crippen molar-refractivity contribution in [3.63, 3.8) is 0 Å². The number of carbonyl (C=O) groups is 2. The lowest BCUT2D eigenvalue weighted by Crippen LogP contribution is -2.28. The Kier molecular flexibility index (Phi) is 6.47. The SMILES string of the molecule is COC(=O)/C(=C\c1cnc(OC)nc1)NC(=O)OCc1ccccc1. The van der Waals surface area contributed by atoms with E-state index in [9.17, 15) is 9.59 Å². The highest BCUT2D eigenvalue weighted by Gasteiger charge is 2.15. The molecule has 0 saturated carbocycles. The number of aromatic nitrogens is 2. The monoisotopic (exact) mass is 343 g/mol. The van der Waals surface area contributed by atoms with E-state index in [4.69, 9.17) is 9.47 Å². The van der Waals surface area contributed by atoms with E-state index in [1.807, 2.05) is 30.3 Å². The van der Waals surface area contributed by atoms with Crippen molar-refractivity contribution in [3.05, 3.63) is 59.5 Å². The van der Waals surface area contributed by atoms with Gasteiger partial charge in [-0.1, -0.05) is 30.3 Å². The van der Waals surface area contributed by atoms with E-state index in [0.29, 0.717) is 5.56 Å². The van der Waals surface area contributed by atoms with Crippen LogP contribution in [0.4, 0.5) is 4.79 Å². The highest BCUT2D eigenvalue weighted by atomic mass is 16.6. The minimum absolute atomic E-state index is 0.0762. The van der Waals surface area contributed by atoms with Crippen LogP contribution >= 0.6 is 0 Å². The molecule has 0 aliphatic carbocycles. The average molecular weight is 343 g/mol. The molecule has 130 valence electrons. The molecule has 1 aromatic heterocycles. The number of rotatable bonds is 6. The van der Waals surface area contributed by atoms with Crippen molar-refractivity contribution in [1.82, 2.24) is 15.3 Å². The Labute approximate surface area is 144 Å². The normalized spacial score (nSPS) is 10.7. The Morgan fingerprint density at radius 3 is 2.40 bits per heavy atom. The van der Waals surface area contributed by atoms with Crippen molar-refractivity contribution in [2.75, 3.05) is 14.2 Å². The van der Waals surface area contributed by atoms with Crippen LogP contribution in [-0.4, -0.2) is 36.3 Å². The van der Waals surface area contributed by atoms with Crippen LogP contribution in [0.1, 0.15) is 11.1 Å². The van der Waals surface area contributed by atoms with Crippen LogP contribution in [0.15, 0.2) is 48.4 Å². The molecule has 2 rings (SSSR count). The van der Waals surface area contributed by atoms with Crippen LogP contribution in [0.5, 0.6) is 6.01 Å². The Morgan fingerprint density at radius 1 is 1.12 bits per heavy atom. The first-order chi connectivity index (χ1) is 12.1. The highest BCUT2D eigenvalue weighted by Crippen LogP contribution is 2.08. The Morgan fingerprint density at radius 2 is 1.80 bits per heavy atom. The van der Waals surface area contributed by atoms with Gasteiger partial charge in [0, 0.05) is 18.0 Å². The van der Waals surface area contributed by atoms with E-state index in [0.717, 1.165) is 5.56 Å². The number of hydrogen-bond donors (Lipinski definition) is 1. The molecule has 0 saturated heterocycles. The van der Waals surface area contributed by atoms with Crippen molar-refractivity contribution < 1.29 is 23.8 Å². The molecule has 1 heterocycles. The van der Waals surface area contributed by atoms with Gasteiger partial charge < -0.3 is 14.2 Å². The number of nitrogens with zero attached hydrogens (tertiary/aromatic N) is 2. The minimum Gasteiger partial charge on any atom is -0.467 e. The first-order valence-electron chi connectivity index (χ1n) is 7.26. The van der Waals surface area contributed by atoms with E-state index < -0.39 is 12.1 Å². The first kappa shape index (κ1) is 17.9. The van der Waals surface area contributed by atoms with Gasteiger partial charge >= 0.3 is 18.1 Å². The van der Waals surface area contributed by atoms with Crippen molar-refractivity contribution in [2.24, 2.45) is 0 Å². The largest absolute Gasteiger partial charge is 0.467 e. The maximum atomic E-state index is 11.9. The molecule has 0 unspecified atom stereocenters. The number of nitrogens with one attached hydrogen (secondary N) is 1. The quantitative estimate of drug-likeness (QED) is 0.632. The van der Waals surface area contributed by atoms with Gasteiger partial charge in [0.1, 0.15) is 12.3 Å². The summed E-state index contributed by atoms with van der Waals surface area (Å²) in [5.41, 5.74) is 1.20. The Balaban J connectivity index is 2.04. The van der Waals surface area contributed by atoms with Gasteiger partial charge in [0.2, 0.25) is 0 Å². The standard InChI is InChI=1S/C17H17N3O5/c1-23-15(21)14(8-13-9-18-16(24-2)19-10-13)20-17(22)25-11-12-6-4-3-5-7-12/h3-10H,11H2,1-2H3,(H,20,22)/b14-8+. The van der Waals surface area contributed by atoms with Crippen LogP contribution in [0.2, 0.25) is 0 Å². The summed E-state index contributed by atoms with van der Waals surface area (Å²) in [4.78, 5) is 31.6. The number of ether oxygens (including phenoxy) is 3. The summed E-state index contributed by atoms with van der Waals surface area (Å²) in [5.74, 6) is -0.729. The fourth-order valence-electron chi connectivity index (χ4n) is 1.80. The van der Waals surface area contributed by atoms with Gasteiger partial charge in [-0.3, -0.25) is 5.32 Å². The summed E-state index contributed by atoms with van der Waals surface area (Å²) in [5, 5.41) is 2.35. The van der Waals surface area contributed by atoms with Gasteiger partial charge in [-0.25, -0.2) is 19.6 Å². The highest BCUT2D eigenvalue weighted by molar-refractivity contribution is 5.96. The molecule has 8 nitrogen and oxygen atoms in total. The maximum Gasteiger partial charge on any atom is 0.412 e. The lowest BCUT2D eigenvalue weighted by Gasteiger charge is -2.09. The summed E-state index contributed by atoms with van der Waals surface area (Å²) < 4.78 is 14.6. The molecule has 25 heavy (non-hydrogen) atoms. The molecule has 0 aliphatic rings. The summed E-state index contributed by atoms with van der Waals surface area (Å²) in [6, 6.07) is 9.35. The summed E-state index contributed by atoms with van der Waals surface area (Å²) in [6.45, 7) is 0.0762. The van der Waals surface area contributed by atoms with E-state index >= 15 is 0 Å². The lowest BCUT2D eigenvalue weighted by molar-refractivity contribution is -0.136. The number of amides is 1. The van der Waals surface area contributed by atoms with Gasteiger partial charge in [-0.2, -0.15) is 0 Å². The van der Waals surface area contributed by atoms with Crippen LogP contribution < -0.4 is 10.1 Å². The third-order valence-electron chi connectivity index (χ3n) is 3.00. The first-order valence-corrected chi connectivity index (χ1v) is 7.26. The van der Waals surface area contributed by atoms with Crippen LogP contribution in [-0.2, 0) is 20.9 Å². The summed E-state index contributed by atoms with van der Waals surface area (Å²) in [6.07, 6.45) is 3.46. The topological polar surface area (TPSA) is 99.6 Å². The second-order valence-electron chi connectivity index (χ2n) is 4.74. The van der Waals surface area contributed by atoms with E-state index in [1.165, 1.54) is 32.7 Å². The molecule has 1 N–H and O–H groups in total. The van der Waals surface area contributed by atoms with Crippen molar-refractivity contribution in [2.45, 2.75) is 6.61 Å². The number of benzene rings is 1. The molecule has 1 amide bonds. The number of hydrogen-bond acceptors (Lipinski definition) is 7. The second-order valence-corrected chi connectivity index (χ2v) is 4.74. The van der Waals surface area contributed by atoms with E-state index in [2.05, 4.69) is 20.0 Å². The number of methoxy groups -OCH3 is 2. The second kappa shape index (κ2) is 9.02. The molecule has 0 radical (unpaired) electrons. The molecule has 1 aromatic carbocycles. The number of carbonyl (C=O) groups excluding carboxylic acids is 2. The van der Waals surface area contributed by atoms with Crippen LogP contribution in [0, 0.1) is 0 Å². The minimum atomic E-state index is -0.782. The van der Waals surface area contributed by atoms with Crippen LogP contribution in [0.25, 0.3) is 6.08 Å². The van der Waals surface area contributed by atoms with Gasteiger partial charge in [-0.15, -0.1) is 0 Å². The Bertz CT molecular complexity index is 745. The molecule has 0 atom stereocenters. The molecule has 0 bridgehead atoms. The fraction of sp³-hybridized carbons (Fsp3) is 0.176. The van der Waals surface area contributed by atoms with Crippen molar-refractivity contribution >= 4 is 18.1 Å². The number of alkyl carbamates (subject to hydrolysis) is 1. The zero-order valence-electron chi connectivity index (χ0n) is 13.8. The fourth-order valence-corrected chi connectivity index (χ4v) is 1.80. The van der Waals surface area contributed by atoms with Crippen molar-refractivity contribution in [1.29, 1.82) is 0 Å². The Hall–Kier alpha value is -3.42. The maximum absolute atomic E-state index is 11.9. The summed E-state index contributed by atoms with van der Waals surface area (Å²) in [7, 11) is 2.65. The smallest absolute Gasteiger partial charge is 0.412 e. The molecule has 2 aromatic rings. The third-order valence-corrected chi connectivity index (χ3v) is 3.00. The predicted molar refractivity (Wildman–Crippen MR) is 88.3 cm³/mol.